The minimum atomic E-state index is -0.973. The Morgan fingerprint density at radius 3 is 2.87 bits per heavy atom. The van der Waals surface area contributed by atoms with Crippen LogP contribution in [0.2, 0.25) is 0 Å². The van der Waals surface area contributed by atoms with Crippen molar-refractivity contribution in [1.82, 2.24) is 9.97 Å². The van der Waals surface area contributed by atoms with Gasteiger partial charge in [0.2, 0.25) is 0 Å². The standard InChI is InChI=1S/C18H15N3O2/c1-2-23-13-7-5-6-12(10-13)17(22)14(11-19)18-20-15-8-3-4-9-16(15)21-18/h3-10,14H,2H2,1H3,(H,20,21). The van der Waals surface area contributed by atoms with Gasteiger partial charge < -0.3 is 9.72 Å². The molecule has 1 aromatic heterocycles. The van der Waals surface area contributed by atoms with Gasteiger partial charge in [0.25, 0.3) is 0 Å². The summed E-state index contributed by atoms with van der Waals surface area (Å²) in [5, 5.41) is 9.45. The number of carbonyl (C=O) groups excluding carboxylic acids is 1. The number of nitriles is 1. The zero-order valence-electron chi connectivity index (χ0n) is 12.6. The lowest BCUT2D eigenvalue weighted by atomic mass is 9.98. The summed E-state index contributed by atoms with van der Waals surface area (Å²) < 4.78 is 5.41. The van der Waals surface area contributed by atoms with Gasteiger partial charge in [0.15, 0.2) is 11.7 Å². The van der Waals surface area contributed by atoms with Gasteiger partial charge in [0.05, 0.1) is 23.7 Å². The second-order valence-corrected chi connectivity index (χ2v) is 5.03. The SMILES string of the molecule is CCOc1cccc(C(=O)C(C#N)c2nc3ccccc3[nH]2)c1. The first-order chi connectivity index (χ1) is 11.2. The van der Waals surface area contributed by atoms with Crippen molar-refractivity contribution >= 4 is 16.8 Å². The Hall–Kier alpha value is -3.13. The van der Waals surface area contributed by atoms with Gasteiger partial charge in [-0.15, -0.1) is 0 Å². The number of aromatic amines is 1. The molecule has 1 N–H and O–H groups in total. The Labute approximate surface area is 133 Å². The number of hydrogen-bond acceptors (Lipinski definition) is 4. The molecule has 0 bridgehead atoms. The summed E-state index contributed by atoms with van der Waals surface area (Å²) >= 11 is 0. The van der Waals surface area contributed by atoms with Gasteiger partial charge in [-0.2, -0.15) is 5.26 Å². The third-order valence-corrected chi connectivity index (χ3v) is 3.50. The molecule has 23 heavy (non-hydrogen) atoms. The molecule has 0 fully saturated rings. The van der Waals surface area contributed by atoms with E-state index in [9.17, 15) is 10.1 Å². The van der Waals surface area contributed by atoms with Crippen molar-refractivity contribution in [2.75, 3.05) is 6.61 Å². The molecule has 0 aliphatic rings. The number of carbonyl (C=O) groups is 1. The maximum absolute atomic E-state index is 12.7. The highest BCUT2D eigenvalue weighted by Crippen LogP contribution is 2.23. The number of nitrogens with zero attached hydrogens (tertiary/aromatic N) is 2. The van der Waals surface area contributed by atoms with Crippen LogP contribution < -0.4 is 4.74 Å². The highest BCUT2D eigenvalue weighted by atomic mass is 16.5. The van der Waals surface area contributed by atoms with Gasteiger partial charge in [0.1, 0.15) is 11.6 Å². The summed E-state index contributed by atoms with van der Waals surface area (Å²) in [5.74, 6) is -0.299. The lowest BCUT2D eigenvalue weighted by Gasteiger charge is -2.08. The second kappa shape index (κ2) is 6.32. The smallest absolute Gasteiger partial charge is 0.187 e. The average molecular weight is 305 g/mol. The Morgan fingerprint density at radius 1 is 1.30 bits per heavy atom. The first-order valence-electron chi connectivity index (χ1n) is 7.34. The molecule has 1 unspecified atom stereocenters. The van der Waals surface area contributed by atoms with Crippen LogP contribution in [0.5, 0.6) is 5.75 Å². The van der Waals surface area contributed by atoms with E-state index in [4.69, 9.17) is 4.74 Å². The highest BCUT2D eigenvalue weighted by molar-refractivity contribution is 6.02. The number of H-pyrrole nitrogens is 1. The number of aromatic nitrogens is 2. The van der Waals surface area contributed by atoms with Crippen molar-refractivity contribution < 1.29 is 9.53 Å². The van der Waals surface area contributed by atoms with Crippen LogP contribution in [-0.4, -0.2) is 22.4 Å². The number of fused-ring (bicyclic) bond motifs is 1. The molecule has 0 amide bonds. The van der Waals surface area contributed by atoms with Crippen LogP contribution in [0.1, 0.15) is 29.0 Å². The average Bonchev–Trinajstić information content (AvgIpc) is 2.99. The van der Waals surface area contributed by atoms with Crippen LogP contribution >= 0.6 is 0 Å². The first kappa shape index (κ1) is 14.8. The molecule has 114 valence electrons. The van der Waals surface area contributed by atoms with Gasteiger partial charge in [0, 0.05) is 5.56 Å². The zero-order chi connectivity index (χ0) is 16.2. The van der Waals surface area contributed by atoms with Crippen molar-refractivity contribution in [3.8, 4) is 11.8 Å². The van der Waals surface area contributed by atoms with E-state index in [1.807, 2.05) is 37.3 Å². The van der Waals surface area contributed by atoms with E-state index < -0.39 is 5.92 Å². The number of imidazole rings is 1. The molecule has 0 spiro atoms. The molecule has 5 nitrogen and oxygen atoms in total. The maximum Gasteiger partial charge on any atom is 0.187 e. The van der Waals surface area contributed by atoms with Crippen LogP contribution in [-0.2, 0) is 0 Å². The van der Waals surface area contributed by atoms with Gasteiger partial charge in [-0.25, -0.2) is 4.98 Å². The molecule has 0 aliphatic heterocycles. The molecule has 0 saturated carbocycles. The summed E-state index contributed by atoms with van der Waals surface area (Å²) in [4.78, 5) is 20.1. The molecule has 3 rings (SSSR count). The number of ether oxygens (including phenoxy) is 1. The van der Waals surface area contributed by atoms with Crippen molar-refractivity contribution in [1.29, 1.82) is 5.26 Å². The minimum absolute atomic E-state index is 0.298. The Bertz CT molecular complexity index is 859. The fraction of sp³-hybridized carbons (Fsp3) is 0.167. The van der Waals surface area contributed by atoms with E-state index >= 15 is 0 Å². The highest BCUT2D eigenvalue weighted by Gasteiger charge is 2.25. The second-order valence-electron chi connectivity index (χ2n) is 5.03. The van der Waals surface area contributed by atoms with Crippen LogP contribution in [0, 0.1) is 11.3 Å². The first-order valence-corrected chi connectivity index (χ1v) is 7.34. The number of para-hydroxylation sites is 2. The van der Waals surface area contributed by atoms with Crippen LogP contribution in [0.3, 0.4) is 0 Å². The molecule has 0 aliphatic carbocycles. The van der Waals surface area contributed by atoms with Crippen molar-refractivity contribution in [2.24, 2.45) is 0 Å². The van der Waals surface area contributed by atoms with E-state index in [1.165, 1.54) is 0 Å². The van der Waals surface area contributed by atoms with Crippen molar-refractivity contribution in [3.63, 3.8) is 0 Å². The summed E-state index contributed by atoms with van der Waals surface area (Å²) in [6, 6.07) is 16.3. The molecular formula is C18H15N3O2. The third kappa shape index (κ3) is 2.92. The molecule has 2 aromatic carbocycles. The van der Waals surface area contributed by atoms with Crippen LogP contribution in [0.25, 0.3) is 11.0 Å². The summed E-state index contributed by atoms with van der Waals surface area (Å²) in [5.41, 5.74) is 1.97. The normalized spacial score (nSPS) is 11.8. The molecule has 1 atom stereocenters. The molecule has 3 aromatic rings. The molecule has 0 saturated heterocycles. The number of ketones is 1. The lowest BCUT2D eigenvalue weighted by Crippen LogP contribution is -2.13. The fourth-order valence-corrected chi connectivity index (χ4v) is 2.43. The number of hydrogen-bond donors (Lipinski definition) is 1. The Morgan fingerprint density at radius 2 is 2.13 bits per heavy atom. The topological polar surface area (TPSA) is 78.8 Å². The summed E-state index contributed by atoms with van der Waals surface area (Å²) in [6.45, 7) is 2.39. The fourth-order valence-electron chi connectivity index (χ4n) is 2.43. The maximum atomic E-state index is 12.7. The summed E-state index contributed by atoms with van der Waals surface area (Å²) in [6.07, 6.45) is 0. The summed E-state index contributed by atoms with van der Waals surface area (Å²) in [7, 11) is 0. The van der Waals surface area contributed by atoms with Gasteiger partial charge in [-0.05, 0) is 31.2 Å². The van der Waals surface area contributed by atoms with Crippen LogP contribution in [0.15, 0.2) is 48.5 Å². The number of nitrogens with one attached hydrogen (secondary N) is 1. The monoisotopic (exact) mass is 305 g/mol. The molecule has 5 heteroatoms. The van der Waals surface area contributed by atoms with E-state index in [2.05, 4.69) is 9.97 Å². The molecular weight excluding hydrogens is 290 g/mol. The van der Waals surface area contributed by atoms with Crippen molar-refractivity contribution in [3.05, 3.63) is 59.9 Å². The largest absolute Gasteiger partial charge is 0.494 e. The lowest BCUT2D eigenvalue weighted by molar-refractivity contribution is 0.0976. The van der Waals surface area contributed by atoms with E-state index in [-0.39, 0.29) is 5.78 Å². The van der Waals surface area contributed by atoms with Crippen molar-refractivity contribution in [2.45, 2.75) is 12.8 Å². The number of rotatable bonds is 5. The predicted molar refractivity (Wildman–Crippen MR) is 86.4 cm³/mol. The van der Waals surface area contributed by atoms with Gasteiger partial charge in [-0.1, -0.05) is 24.3 Å². The van der Waals surface area contributed by atoms with E-state index in [0.29, 0.717) is 23.7 Å². The van der Waals surface area contributed by atoms with Crippen LogP contribution in [0.4, 0.5) is 0 Å². The number of Topliss-reactive ketones (excluding diaryl/α,β-unsaturated/α-hetero) is 1. The zero-order valence-corrected chi connectivity index (χ0v) is 12.6. The van der Waals surface area contributed by atoms with E-state index in [1.54, 1.807) is 24.3 Å². The molecule has 0 radical (unpaired) electrons. The van der Waals surface area contributed by atoms with Gasteiger partial charge >= 0.3 is 0 Å². The van der Waals surface area contributed by atoms with Gasteiger partial charge in [-0.3, -0.25) is 4.79 Å². The minimum Gasteiger partial charge on any atom is -0.494 e. The Balaban J connectivity index is 1.95. The molecule has 1 heterocycles. The predicted octanol–water partition coefficient (Wildman–Crippen LogP) is 3.45. The van der Waals surface area contributed by atoms with E-state index in [0.717, 1.165) is 11.0 Å². The number of benzene rings is 2. The quantitative estimate of drug-likeness (QED) is 0.732. The Kier molecular flexibility index (Phi) is 4.07. The third-order valence-electron chi connectivity index (χ3n) is 3.50.